The molecule has 0 saturated carbocycles. The number of anilines is 2. The molecule has 0 spiro atoms. The summed E-state index contributed by atoms with van der Waals surface area (Å²) in [7, 11) is 0. The van der Waals surface area contributed by atoms with Crippen molar-refractivity contribution in [3.63, 3.8) is 0 Å². The number of carbonyl (C=O) groups excluding carboxylic acids is 1. The van der Waals surface area contributed by atoms with Gasteiger partial charge in [0.2, 0.25) is 5.91 Å². The second-order valence-electron chi connectivity index (χ2n) is 6.00. The minimum atomic E-state index is -0.0113. The minimum absolute atomic E-state index is 0.0113. The fraction of sp³-hybridized carbons (Fsp3) is 0.300. The number of amides is 1. The molecule has 3 rings (SSSR count). The highest BCUT2D eigenvalue weighted by molar-refractivity contribution is 7.99. The molecular formula is C20H21N3O2S. The first-order valence-electron chi connectivity index (χ1n) is 8.54. The summed E-state index contributed by atoms with van der Waals surface area (Å²) < 4.78 is 5.36. The lowest BCUT2D eigenvalue weighted by Crippen LogP contribution is -2.36. The van der Waals surface area contributed by atoms with Crippen LogP contribution in [0.1, 0.15) is 11.1 Å². The molecule has 1 saturated heterocycles. The fourth-order valence-corrected chi connectivity index (χ4v) is 3.50. The Balaban J connectivity index is 1.43. The first kappa shape index (κ1) is 18.3. The molecule has 6 heteroatoms. The molecule has 0 atom stereocenters. The van der Waals surface area contributed by atoms with Crippen LogP contribution in [-0.4, -0.2) is 38.0 Å². The second kappa shape index (κ2) is 9.27. The van der Waals surface area contributed by atoms with Crippen LogP contribution in [0.5, 0.6) is 0 Å². The van der Waals surface area contributed by atoms with E-state index >= 15 is 0 Å². The Labute approximate surface area is 158 Å². The number of hydrogen-bond donors (Lipinski definition) is 1. The zero-order chi connectivity index (χ0) is 18.2. The molecule has 0 radical (unpaired) electrons. The number of hydrogen-bond acceptors (Lipinski definition) is 5. The van der Waals surface area contributed by atoms with Gasteiger partial charge in [-0.05, 0) is 42.0 Å². The van der Waals surface area contributed by atoms with E-state index < -0.39 is 0 Å². The summed E-state index contributed by atoms with van der Waals surface area (Å²) in [6, 6.07) is 17.5. The Morgan fingerprint density at radius 3 is 2.46 bits per heavy atom. The highest BCUT2D eigenvalue weighted by atomic mass is 32.2. The minimum Gasteiger partial charge on any atom is -0.378 e. The zero-order valence-corrected chi connectivity index (χ0v) is 15.3. The number of nitriles is 1. The first-order chi connectivity index (χ1) is 12.7. The summed E-state index contributed by atoms with van der Waals surface area (Å²) >= 11 is 1.56. The number of morpholine rings is 1. The molecular weight excluding hydrogens is 346 g/mol. The third kappa shape index (κ3) is 5.25. The van der Waals surface area contributed by atoms with Crippen LogP contribution in [0.15, 0.2) is 48.5 Å². The molecule has 5 nitrogen and oxygen atoms in total. The van der Waals surface area contributed by atoms with E-state index in [-0.39, 0.29) is 5.91 Å². The van der Waals surface area contributed by atoms with E-state index in [0.717, 1.165) is 49.0 Å². The lowest BCUT2D eigenvalue weighted by Gasteiger charge is -2.28. The van der Waals surface area contributed by atoms with Gasteiger partial charge in [0.1, 0.15) is 0 Å². The van der Waals surface area contributed by atoms with Crippen LogP contribution >= 0.6 is 11.8 Å². The van der Waals surface area contributed by atoms with E-state index in [1.54, 1.807) is 23.9 Å². The molecule has 1 fully saturated rings. The third-order valence-corrected chi connectivity index (χ3v) is 5.12. The SMILES string of the molecule is N#Cc1ccc(CSCC(=O)Nc2ccc(N3CCOCC3)cc2)cc1. The van der Waals surface area contributed by atoms with Crippen LogP contribution in [0.3, 0.4) is 0 Å². The van der Waals surface area contributed by atoms with Crippen molar-refractivity contribution in [2.75, 3.05) is 42.3 Å². The highest BCUT2D eigenvalue weighted by Gasteiger charge is 2.11. The van der Waals surface area contributed by atoms with Gasteiger partial charge in [0.25, 0.3) is 0 Å². The quantitative estimate of drug-likeness (QED) is 0.849. The monoisotopic (exact) mass is 367 g/mol. The number of thioether (sulfide) groups is 1. The summed E-state index contributed by atoms with van der Waals surface area (Å²) in [6.07, 6.45) is 0. The number of nitrogens with zero attached hydrogens (tertiary/aromatic N) is 2. The molecule has 1 aliphatic heterocycles. The molecule has 2 aromatic rings. The smallest absolute Gasteiger partial charge is 0.234 e. The van der Waals surface area contributed by atoms with Gasteiger partial charge in [0.15, 0.2) is 0 Å². The van der Waals surface area contributed by atoms with Crippen molar-refractivity contribution < 1.29 is 9.53 Å². The van der Waals surface area contributed by atoms with E-state index in [1.165, 1.54) is 0 Å². The normalized spacial score (nSPS) is 13.9. The van der Waals surface area contributed by atoms with Crippen molar-refractivity contribution in [3.05, 3.63) is 59.7 Å². The van der Waals surface area contributed by atoms with Gasteiger partial charge in [0.05, 0.1) is 30.6 Å². The van der Waals surface area contributed by atoms with Crippen LogP contribution in [0.2, 0.25) is 0 Å². The Morgan fingerprint density at radius 2 is 1.81 bits per heavy atom. The lowest BCUT2D eigenvalue weighted by atomic mass is 10.2. The maximum atomic E-state index is 12.1. The second-order valence-corrected chi connectivity index (χ2v) is 6.98. The largest absolute Gasteiger partial charge is 0.378 e. The van der Waals surface area contributed by atoms with Crippen molar-refractivity contribution in [3.8, 4) is 6.07 Å². The van der Waals surface area contributed by atoms with E-state index in [4.69, 9.17) is 10.00 Å². The zero-order valence-electron chi connectivity index (χ0n) is 14.5. The molecule has 0 aliphatic carbocycles. The van der Waals surface area contributed by atoms with E-state index in [1.807, 2.05) is 36.4 Å². The molecule has 1 aliphatic rings. The van der Waals surface area contributed by atoms with Gasteiger partial charge in [-0.25, -0.2) is 0 Å². The van der Waals surface area contributed by atoms with Crippen molar-refractivity contribution in [2.45, 2.75) is 5.75 Å². The van der Waals surface area contributed by atoms with E-state index in [9.17, 15) is 4.79 Å². The average molecular weight is 367 g/mol. The number of ether oxygens (including phenoxy) is 1. The van der Waals surface area contributed by atoms with Crippen LogP contribution in [0.25, 0.3) is 0 Å². The van der Waals surface area contributed by atoms with Crippen LogP contribution < -0.4 is 10.2 Å². The molecule has 1 amide bonds. The van der Waals surface area contributed by atoms with Gasteiger partial charge >= 0.3 is 0 Å². The van der Waals surface area contributed by atoms with Crippen LogP contribution in [0, 0.1) is 11.3 Å². The molecule has 1 heterocycles. The van der Waals surface area contributed by atoms with Gasteiger partial charge in [-0.1, -0.05) is 12.1 Å². The number of nitrogens with one attached hydrogen (secondary N) is 1. The van der Waals surface area contributed by atoms with Gasteiger partial charge in [0, 0.05) is 30.2 Å². The number of rotatable bonds is 6. The third-order valence-electron chi connectivity index (χ3n) is 4.11. The highest BCUT2D eigenvalue weighted by Crippen LogP contribution is 2.19. The van der Waals surface area contributed by atoms with Gasteiger partial charge in [-0.2, -0.15) is 5.26 Å². The lowest BCUT2D eigenvalue weighted by molar-refractivity contribution is -0.113. The summed E-state index contributed by atoms with van der Waals surface area (Å²) in [5.74, 6) is 1.13. The van der Waals surface area contributed by atoms with Crippen molar-refractivity contribution in [1.29, 1.82) is 5.26 Å². The van der Waals surface area contributed by atoms with Crippen LogP contribution in [0.4, 0.5) is 11.4 Å². The Kier molecular flexibility index (Phi) is 6.53. The maximum absolute atomic E-state index is 12.1. The summed E-state index contributed by atoms with van der Waals surface area (Å²) in [6.45, 7) is 3.32. The van der Waals surface area contributed by atoms with Gasteiger partial charge in [-0.3, -0.25) is 4.79 Å². The van der Waals surface area contributed by atoms with Crippen molar-refractivity contribution in [2.24, 2.45) is 0 Å². The average Bonchev–Trinajstić information content (AvgIpc) is 2.70. The summed E-state index contributed by atoms with van der Waals surface area (Å²) in [4.78, 5) is 14.4. The Morgan fingerprint density at radius 1 is 1.12 bits per heavy atom. The number of carbonyl (C=O) groups is 1. The molecule has 26 heavy (non-hydrogen) atoms. The van der Waals surface area contributed by atoms with Gasteiger partial charge < -0.3 is 15.0 Å². The predicted molar refractivity (Wildman–Crippen MR) is 105 cm³/mol. The van der Waals surface area contributed by atoms with Crippen molar-refractivity contribution in [1.82, 2.24) is 0 Å². The predicted octanol–water partition coefficient (Wildman–Crippen LogP) is 3.27. The molecule has 0 aromatic heterocycles. The van der Waals surface area contributed by atoms with Crippen LogP contribution in [-0.2, 0) is 15.3 Å². The molecule has 0 bridgehead atoms. The maximum Gasteiger partial charge on any atom is 0.234 e. The van der Waals surface area contributed by atoms with E-state index in [0.29, 0.717) is 11.3 Å². The molecule has 2 aromatic carbocycles. The summed E-state index contributed by atoms with van der Waals surface area (Å²) in [5, 5.41) is 11.7. The Hall–Kier alpha value is -2.49. The fourth-order valence-electron chi connectivity index (χ4n) is 2.71. The molecule has 1 N–H and O–H groups in total. The van der Waals surface area contributed by atoms with Crippen molar-refractivity contribution >= 4 is 29.0 Å². The summed E-state index contributed by atoms with van der Waals surface area (Å²) in [5.41, 5.74) is 3.72. The van der Waals surface area contributed by atoms with Gasteiger partial charge in [-0.15, -0.1) is 11.8 Å². The molecule has 134 valence electrons. The topological polar surface area (TPSA) is 65.4 Å². The Bertz CT molecular complexity index is 763. The molecule has 0 unspecified atom stereocenters. The first-order valence-corrected chi connectivity index (χ1v) is 9.69. The standard InChI is InChI=1S/C20H21N3O2S/c21-13-16-1-3-17(4-2-16)14-26-15-20(24)22-18-5-7-19(8-6-18)23-9-11-25-12-10-23/h1-8H,9-12,14-15H2,(H,22,24). The van der Waals surface area contributed by atoms with E-state index in [2.05, 4.69) is 16.3 Å². The number of benzene rings is 2.